The molecule has 1 atom stereocenters. The Bertz CT molecular complexity index is 1370. The molecule has 0 heterocycles. The molecular weight excluding hydrogens is 546 g/mol. The van der Waals surface area contributed by atoms with Crippen LogP contribution < -0.4 is 9.62 Å². The number of rotatable bonds is 14. The first-order valence-electron chi connectivity index (χ1n) is 13.6. The molecule has 1 unspecified atom stereocenters. The van der Waals surface area contributed by atoms with Gasteiger partial charge in [-0.3, -0.25) is 13.9 Å². The molecule has 0 aliphatic rings. The van der Waals surface area contributed by atoms with Crippen molar-refractivity contribution in [2.75, 3.05) is 23.9 Å². The zero-order valence-corrected chi connectivity index (χ0v) is 24.9. The summed E-state index contributed by atoms with van der Waals surface area (Å²) in [4.78, 5) is 28.9. The van der Waals surface area contributed by atoms with E-state index in [1.54, 1.807) is 43.3 Å². The van der Waals surface area contributed by atoms with Gasteiger partial charge in [0.05, 0.1) is 10.6 Å². The summed E-state index contributed by atoms with van der Waals surface area (Å²) in [6.07, 6.45) is 2.67. The molecule has 0 fully saturated rings. The number of halogens is 1. The second-order valence-corrected chi connectivity index (χ2v) is 11.9. The van der Waals surface area contributed by atoms with Gasteiger partial charge in [0.1, 0.15) is 12.6 Å². The van der Waals surface area contributed by atoms with Crippen LogP contribution in [0.4, 0.5) is 5.69 Å². The fourth-order valence-corrected chi connectivity index (χ4v) is 6.14. The lowest BCUT2D eigenvalue weighted by molar-refractivity contribution is -0.139. The number of sulfonamides is 1. The van der Waals surface area contributed by atoms with Gasteiger partial charge in [0.15, 0.2) is 0 Å². The van der Waals surface area contributed by atoms with Crippen LogP contribution >= 0.6 is 11.6 Å². The SMILES string of the molecule is CCCCNC(=O)C(CC)N(CCc1ccccc1)C(=O)CN(c1cc(Cl)ccc1C)S(=O)(=O)c1ccccc1. The van der Waals surface area contributed by atoms with Gasteiger partial charge in [-0.25, -0.2) is 8.42 Å². The zero-order valence-electron chi connectivity index (χ0n) is 23.3. The van der Waals surface area contributed by atoms with Crippen LogP contribution in [0.2, 0.25) is 5.02 Å². The number of hydrogen-bond acceptors (Lipinski definition) is 4. The van der Waals surface area contributed by atoms with Gasteiger partial charge >= 0.3 is 0 Å². The molecule has 7 nitrogen and oxygen atoms in total. The molecule has 1 N–H and O–H groups in total. The molecule has 0 saturated heterocycles. The Morgan fingerprint density at radius 2 is 1.60 bits per heavy atom. The quantitative estimate of drug-likeness (QED) is 0.250. The molecule has 3 aromatic rings. The smallest absolute Gasteiger partial charge is 0.264 e. The molecule has 214 valence electrons. The van der Waals surface area contributed by atoms with Crippen molar-refractivity contribution in [1.29, 1.82) is 0 Å². The maximum atomic E-state index is 14.1. The Kier molecular flexibility index (Phi) is 11.6. The van der Waals surface area contributed by atoms with Crippen LogP contribution in [0.15, 0.2) is 83.8 Å². The molecule has 0 spiro atoms. The Morgan fingerprint density at radius 1 is 0.950 bits per heavy atom. The maximum Gasteiger partial charge on any atom is 0.264 e. The highest BCUT2D eigenvalue weighted by Crippen LogP contribution is 2.30. The van der Waals surface area contributed by atoms with Crippen LogP contribution in [0.5, 0.6) is 0 Å². The Hall–Kier alpha value is -3.36. The molecule has 3 aromatic carbocycles. The number of anilines is 1. The van der Waals surface area contributed by atoms with E-state index in [0.717, 1.165) is 22.7 Å². The molecular formula is C31H38ClN3O4S. The van der Waals surface area contributed by atoms with Gasteiger partial charge in [0.25, 0.3) is 10.0 Å². The van der Waals surface area contributed by atoms with Crippen molar-refractivity contribution in [3.63, 3.8) is 0 Å². The standard InChI is InChI=1S/C31H38ClN3O4S/c1-4-6-20-33-31(37)28(5-2)34(21-19-25-13-9-7-10-14-25)30(36)23-35(29-22-26(32)18-17-24(29)3)40(38,39)27-15-11-8-12-16-27/h7-18,22,28H,4-6,19-21,23H2,1-3H3,(H,33,37). The lowest BCUT2D eigenvalue weighted by atomic mass is 10.1. The summed E-state index contributed by atoms with van der Waals surface area (Å²) in [5.74, 6) is -0.707. The van der Waals surface area contributed by atoms with Crippen molar-refractivity contribution in [3.8, 4) is 0 Å². The first kappa shape index (κ1) is 31.2. The number of nitrogens with zero attached hydrogens (tertiary/aromatic N) is 2. The molecule has 0 aliphatic heterocycles. The third-order valence-corrected chi connectivity index (χ3v) is 8.76. The second-order valence-electron chi connectivity index (χ2n) is 9.65. The summed E-state index contributed by atoms with van der Waals surface area (Å²) in [6.45, 7) is 5.96. The number of benzene rings is 3. The summed E-state index contributed by atoms with van der Waals surface area (Å²) in [6, 6.07) is 21.9. The molecule has 0 saturated carbocycles. The topological polar surface area (TPSA) is 86.8 Å². The Labute approximate surface area is 243 Å². The van der Waals surface area contributed by atoms with Crippen molar-refractivity contribution >= 4 is 39.1 Å². The highest BCUT2D eigenvalue weighted by molar-refractivity contribution is 7.92. The van der Waals surface area contributed by atoms with Gasteiger partial charge < -0.3 is 10.2 Å². The summed E-state index contributed by atoms with van der Waals surface area (Å²) in [5, 5.41) is 3.29. The van der Waals surface area contributed by atoms with Crippen LogP contribution in [0, 0.1) is 6.92 Å². The van der Waals surface area contributed by atoms with E-state index in [-0.39, 0.29) is 17.3 Å². The van der Waals surface area contributed by atoms with Crippen molar-refractivity contribution < 1.29 is 18.0 Å². The monoisotopic (exact) mass is 583 g/mol. The highest BCUT2D eigenvalue weighted by atomic mass is 35.5. The number of nitrogens with one attached hydrogen (secondary N) is 1. The Morgan fingerprint density at radius 3 is 2.23 bits per heavy atom. The van der Waals surface area contributed by atoms with Crippen LogP contribution in [0.1, 0.15) is 44.2 Å². The number of carbonyl (C=O) groups is 2. The number of hydrogen-bond donors (Lipinski definition) is 1. The van der Waals surface area contributed by atoms with Crippen molar-refractivity contribution in [2.24, 2.45) is 0 Å². The van der Waals surface area contributed by atoms with Crippen molar-refractivity contribution in [2.45, 2.75) is 57.4 Å². The Balaban J connectivity index is 2.01. The van der Waals surface area contributed by atoms with Crippen LogP contribution in [-0.4, -0.2) is 50.8 Å². The minimum absolute atomic E-state index is 0.0577. The van der Waals surface area contributed by atoms with E-state index in [1.165, 1.54) is 17.0 Å². The molecule has 2 amide bonds. The van der Waals surface area contributed by atoms with Crippen molar-refractivity contribution in [1.82, 2.24) is 10.2 Å². The van der Waals surface area contributed by atoms with E-state index >= 15 is 0 Å². The van der Waals surface area contributed by atoms with Gasteiger partial charge in [0, 0.05) is 18.1 Å². The van der Waals surface area contributed by atoms with Gasteiger partial charge in [0.2, 0.25) is 11.8 Å². The lowest BCUT2D eigenvalue weighted by Crippen LogP contribution is -2.53. The molecule has 0 aliphatic carbocycles. The molecule has 0 radical (unpaired) electrons. The van der Waals surface area contributed by atoms with Gasteiger partial charge in [-0.1, -0.05) is 86.5 Å². The minimum atomic E-state index is -4.13. The second kappa shape index (κ2) is 14.9. The zero-order chi connectivity index (χ0) is 29.1. The fraction of sp³-hybridized carbons (Fsp3) is 0.355. The first-order valence-corrected chi connectivity index (χ1v) is 15.5. The normalized spacial score (nSPS) is 12.0. The largest absolute Gasteiger partial charge is 0.354 e. The number of carbonyl (C=O) groups excluding carboxylic acids is 2. The van der Waals surface area contributed by atoms with E-state index in [0.29, 0.717) is 35.7 Å². The van der Waals surface area contributed by atoms with Gasteiger partial charge in [-0.15, -0.1) is 0 Å². The average Bonchev–Trinajstić information content (AvgIpc) is 2.96. The summed E-state index contributed by atoms with van der Waals surface area (Å²) < 4.78 is 28.9. The van der Waals surface area contributed by atoms with E-state index in [9.17, 15) is 18.0 Å². The van der Waals surface area contributed by atoms with Crippen LogP contribution in [0.25, 0.3) is 0 Å². The maximum absolute atomic E-state index is 14.1. The summed E-state index contributed by atoms with van der Waals surface area (Å²) in [5.41, 5.74) is 1.98. The third kappa shape index (κ3) is 8.08. The fourth-order valence-electron chi connectivity index (χ4n) is 4.49. The third-order valence-electron chi connectivity index (χ3n) is 6.75. The highest BCUT2D eigenvalue weighted by Gasteiger charge is 2.34. The summed E-state index contributed by atoms with van der Waals surface area (Å²) in [7, 11) is -4.13. The molecule has 0 aromatic heterocycles. The van der Waals surface area contributed by atoms with Crippen molar-refractivity contribution in [3.05, 3.63) is 95.0 Å². The summed E-state index contributed by atoms with van der Waals surface area (Å²) >= 11 is 6.28. The molecule has 0 bridgehead atoms. The van der Waals surface area contributed by atoms with Gasteiger partial charge in [-0.2, -0.15) is 0 Å². The van der Waals surface area contributed by atoms with Gasteiger partial charge in [-0.05, 0) is 61.6 Å². The average molecular weight is 584 g/mol. The predicted octanol–water partition coefficient (Wildman–Crippen LogP) is 5.61. The molecule has 40 heavy (non-hydrogen) atoms. The van der Waals surface area contributed by atoms with E-state index in [2.05, 4.69) is 5.32 Å². The van der Waals surface area contributed by atoms with E-state index < -0.39 is 28.5 Å². The number of unbranched alkanes of at least 4 members (excludes halogenated alkanes) is 1. The number of amides is 2. The molecule has 9 heteroatoms. The number of aryl methyl sites for hydroxylation is 1. The minimum Gasteiger partial charge on any atom is -0.354 e. The van der Waals surface area contributed by atoms with Crippen LogP contribution in [0.3, 0.4) is 0 Å². The lowest BCUT2D eigenvalue weighted by Gasteiger charge is -2.33. The predicted molar refractivity (Wildman–Crippen MR) is 161 cm³/mol. The van der Waals surface area contributed by atoms with Crippen LogP contribution in [-0.2, 0) is 26.0 Å². The van der Waals surface area contributed by atoms with E-state index in [1.807, 2.05) is 44.2 Å². The molecule has 3 rings (SSSR count). The van der Waals surface area contributed by atoms with E-state index in [4.69, 9.17) is 11.6 Å². The first-order chi connectivity index (χ1) is 19.2.